The predicted octanol–water partition coefficient (Wildman–Crippen LogP) is 5.64. The maximum Gasteiger partial charge on any atom is 0.164 e. The molecular weight excluding hydrogens is 499 g/mol. The summed E-state index contributed by atoms with van der Waals surface area (Å²) in [5.74, 6) is 0.276. The third-order valence-corrected chi connectivity index (χ3v) is 6.46. The van der Waals surface area contributed by atoms with Gasteiger partial charge in [0.25, 0.3) is 0 Å². The van der Waals surface area contributed by atoms with Crippen molar-refractivity contribution in [1.29, 1.82) is 0 Å². The number of rotatable bonds is 7. The van der Waals surface area contributed by atoms with E-state index in [1.165, 1.54) is 24.7 Å². The Morgan fingerprint density at radius 1 is 1.03 bits per heavy atom. The fourth-order valence-electron chi connectivity index (χ4n) is 4.50. The molecule has 1 aliphatic heterocycles. The predicted molar refractivity (Wildman–Crippen MR) is 144 cm³/mol. The molecule has 9 nitrogen and oxygen atoms in total. The molecule has 39 heavy (non-hydrogen) atoms. The number of anilines is 1. The summed E-state index contributed by atoms with van der Waals surface area (Å²) in [6, 6.07) is 14.3. The molecule has 0 spiro atoms. The molecule has 0 bridgehead atoms. The first-order valence-electron chi connectivity index (χ1n) is 13.5. The molecular formula is C29H27FN6O3. The minimum absolute atomic E-state index is 0.0252. The number of nitrogens with two attached hydrogens (primary N) is 1. The highest BCUT2D eigenvalue weighted by atomic mass is 19.1. The van der Waals surface area contributed by atoms with E-state index >= 15 is 0 Å². The molecule has 0 radical (unpaired) electrons. The Balaban J connectivity index is 1.24. The van der Waals surface area contributed by atoms with Gasteiger partial charge in [0, 0.05) is 54.4 Å². The lowest BCUT2D eigenvalue weighted by molar-refractivity contribution is 0.0674. The smallest absolute Gasteiger partial charge is 0.164 e. The van der Waals surface area contributed by atoms with Crippen LogP contribution in [0.25, 0.3) is 22.3 Å². The number of fused-ring (bicyclic) bond motifs is 1. The topological polar surface area (TPSA) is 110 Å². The second-order valence-electron chi connectivity index (χ2n) is 9.24. The van der Waals surface area contributed by atoms with Crippen molar-refractivity contribution in [1.82, 2.24) is 24.7 Å². The zero-order chi connectivity index (χ0) is 28.6. The van der Waals surface area contributed by atoms with Crippen LogP contribution in [0.15, 0.2) is 67.1 Å². The van der Waals surface area contributed by atoms with E-state index in [2.05, 4.69) is 15.0 Å². The van der Waals surface area contributed by atoms with Gasteiger partial charge in [-0.3, -0.25) is 4.98 Å². The van der Waals surface area contributed by atoms with Gasteiger partial charge >= 0.3 is 0 Å². The Bertz CT molecular complexity index is 1690. The molecule has 0 amide bonds. The minimum atomic E-state index is -2.23. The highest BCUT2D eigenvalue weighted by Gasteiger charge is 2.24. The first-order chi connectivity index (χ1) is 19.8. The molecule has 4 heterocycles. The largest absolute Gasteiger partial charge is 0.489 e. The molecule has 1 fully saturated rings. The molecule has 2 N–H and O–H groups in total. The summed E-state index contributed by atoms with van der Waals surface area (Å²) in [4.78, 5) is 12.8. The maximum absolute atomic E-state index is 14.5. The van der Waals surface area contributed by atoms with Crippen LogP contribution in [-0.4, -0.2) is 37.9 Å². The molecule has 6 rings (SSSR count). The lowest BCUT2D eigenvalue weighted by Crippen LogP contribution is -2.20. The summed E-state index contributed by atoms with van der Waals surface area (Å²) in [6.07, 6.45) is 4.49. The van der Waals surface area contributed by atoms with Gasteiger partial charge in [0.05, 0.1) is 14.2 Å². The van der Waals surface area contributed by atoms with Crippen LogP contribution in [0.3, 0.4) is 0 Å². The fourth-order valence-corrected chi connectivity index (χ4v) is 4.50. The van der Waals surface area contributed by atoms with Crippen LogP contribution >= 0.6 is 0 Å². The van der Waals surface area contributed by atoms with Crippen molar-refractivity contribution in [3.8, 4) is 28.5 Å². The molecule has 1 aliphatic rings. The Hall–Kier alpha value is -4.57. The summed E-state index contributed by atoms with van der Waals surface area (Å²) in [6.45, 7) is 0.897. The number of ether oxygens (including phenoxy) is 3. The summed E-state index contributed by atoms with van der Waals surface area (Å²) in [5.41, 5.74) is 9.33. The Kier molecular flexibility index (Phi) is 6.13. The van der Waals surface area contributed by atoms with E-state index in [-0.39, 0.29) is 23.1 Å². The van der Waals surface area contributed by atoms with Gasteiger partial charge in [-0.2, -0.15) is 5.10 Å². The van der Waals surface area contributed by atoms with Crippen molar-refractivity contribution in [2.75, 3.05) is 18.9 Å². The molecule has 0 saturated carbocycles. The molecule has 0 atom stereocenters. The average Bonchev–Trinajstić information content (AvgIpc) is 3.35. The molecule has 0 unspecified atom stereocenters. The number of halogens is 1. The van der Waals surface area contributed by atoms with Crippen LogP contribution in [0.5, 0.6) is 17.2 Å². The quantitative estimate of drug-likeness (QED) is 0.289. The van der Waals surface area contributed by atoms with E-state index in [9.17, 15) is 4.39 Å². The number of aryl methyl sites for hydroxylation is 1. The van der Waals surface area contributed by atoms with Crippen LogP contribution in [0.4, 0.5) is 10.2 Å². The summed E-state index contributed by atoms with van der Waals surface area (Å²) >= 11 is 0. The van der Waals surface area contributed by atoms with Crippen LogP contribution in [-0.2, 0) is 11.3 Å². The van der Waals surface area contributed by atoms with E-state index in [1.807, 2.05) is 16.8 Å². The van der Waals surface area contributed by atoms with Crippen molar-refractivity contribution >= 4 is 16.9 Å². The lowest BCUT2D eigenvalue weighted by atomic mass is 10.1. The number of aromatic nitrogens is 5. The van der Waals surface area contributed by atoms with Gasteiger partial charge in [0.2, 0.25) is 0 Å². The lowest BCUT2D eigenvalue weighted by Gasteiger charge is -2.22. The molecule has 0 aliphatic carbocycles. The van der Waals surface area contributed by atoms with Gasteiger partial charge in [-0.25, -0.2) is 19.0 Å². The van der Waals surface area contributed by atoms with Gasteiger partial charge in [-0.15, -0.1) is 0 Å². The van der Waals surface area contributed by atoms with E-state index in [4.69, 9.17) is 27.8 Å². The van der Waals surface area contributed by atoms with Gasteiger partial charge in [-0.1, -0.05) is 6.07 Å². The fraction of sp³-hybridized carbons (Fsp3) is 0.241. The van der Waals surface area contributed by atoms with Crippen LogP contribution < -0.4 is 15.2 Å². The molecule has 3 aromatic heterocycles. The molecule has 198 valence electrons. The zero-order valence-electron chi connectivity index (χ0n) is 23.2. The third-order valence-electron chi connectivity index (χ3n) is 6.46. The van der Waals surface area contributed by atoms with E-state index in [0.29, 0.717) is 41.5 Å². The SMILES string of the molecule is [2H]C([2H])(Oc1cc(F)cc(Oc2ccc(-c3nn(C4CCOCC4)c4ncnc(N)c34)cc2)c1)c1ccc(C)nc1. The molecule has 5 aromatic rings. The van der Waals surface area contributed by atoms with E-state index in [0.717, 1.165) is 30.2 Å². The van der Waals surface area contributed by atoms with Crippen molar-refractivity contribution in [3.63, 3.8) is 0 Å². The summed E-state index contributed by atoms with van der Waals surface area (Å²) in [5, 5.41) is 5.55. The Morgan fingerprint density at radius 2 is 1.82 bits per heavy atom. The number of hydrogen-bond acceptors (Lipinski definition) is 8. The zero-order valence-corrected chi connectivity index (χ0v) is 21.2. The monoisotopic (exact) mass is 528 g/mol. The minimum Gasteiger partial charge on any atom is -0.489 e. The van der Waals surface area contributed by atoms with Gasteiger partial charge in [0.1, 0.15) is 47.5 Å². The Morgan fingerprint density at radius 3 is 2.59 bits per heavy atom. The maximum atomic E-state index is 14.5. The van der Waals surface area contributed by atoms with Crippen molar-refractivity contribution < 1.29 is 21.3 Å². The second kappa shape index (κ2) is 10.7. The standard InChI is InChI=1S/C29H27FN6O3/c1-18-2-3-19(15-32-18)16-38-24-12-21(30)13-25(14-24)39-23-6-4-20(5-7-23)27-26-28(31)33-17-34-29(26)36(35-27)22-8-10-37-11-9-22/h2-7,12-15,17,22H,8-11,16H2,1H3,(H2,31,33,34)/i16D2. The Labute approximate surface area is 227 Å². The van der Waals surface area contributed by atoms with Crippen LogP contribution in [0.1, 0.15) is 32.9 Å². The normalized spacial score (nSPS) is 15.1. The van der Waals surface area contributed by atoms with Gasteiger partial charge < -0.3 is 19.9 Å². The molecule has 2 aromatic carbocycles. The highest BCUT2D eigenvalue weighted by molar-refractivity contribution is 5.98. The van der Waals surface area contributed by atoms with Gasteiger partial charge in [-0.05, 0) is 50.1 Å². The third kappa shape index (κ3) is 5.37. The molecule has 1 saturated heterocycles. The van der Waals surface area contributed by atoms with Crippen molar-refractivity contribution in [2.24, 2.45) is 0 Å². The van der Waals surface area contributed by atoms with Crippen molar-refractivity contribution in [3.05, 3.63) is 84.2 Å². The number of nitrogen functional groups attached to an aromatic ring is 1. The first kappa shape index (κ1) is 22.4. The summed E-state index contributed by atoms with van der Waals surface area (Å²) in [7, 11) is 0. The first-order valence-corrected chi connectivity index (χ1v) is 12.5. The van der Waals surface area contributed by atoms with E-state index < -0.39 is 12.4 Å². The van der Waals surface area contributed by atoms with Gasteiger partial charge in [0.15, 0.2) is 5.65 Å². The number of hydrogen-bond donors (Lipinski definition) is 1. The number of benzene rings is 2. The van der Waals surface area contributed by atoms with E-state index in [1.54, 1.807) is 31.2 Å². The highest BCUT2D eigenvalue weighted by Crippen LogP contribution is 2.35. The molecule has 10 heteroatoms. The average molecular weight is 529 g/mol. The second-order valence-corrected chi connectivity index (χ2v) is 9.24. The number of nitrogens with zero attached hydrogens (tertiary/aromatic N) is 5. The summed E-state index contributed by atoms with van der Waals surface area (Å²) < 4.78 is 49.8. The number of pyridine rings is 1. The van der Waals surface area contributed by atoms with Crippen LogP contribution in [0.2, 0.25) is 0 Å². The van der Waals surface area contributed by atoms with Crippen molar-refractivity contribution in [2.45, 2.75) is 32.4 Å². The van der Waals surface area contributed by atoms with Crippen LogP contribution in [0, 0.1) is 12.7 Å².